The number of hydrogen-bond acceptors (Lipinski definition) is 4. The molecule has 6 nitrogen and oxygen atoms in total. The first kappa shape index (κ1) is 24.9. The van der Waals surface area contributed by atoms with Gasteiger partial charge in [0.1, 0.15) is 5.82 Å². The van der Waals surface area contributed by atoms with Gasteiger partial charge in [-0.1, -0.05) is 26.3 Å². The molecule has 2 N–H and O–H groups in total. The number of halogens is 1. The van der Waals surface area contributed by atoms with Gasteiger partial charge in [-0.15, -0.1) is 24.0 Å². The molecule has 2 heterocycles. The zero-order valence-corrected chi connectivity index (χ0v) is 20.1. The number of rotatable bonds is 10. The van der Waals surface area contributed by atoms with E-state index in [9.17, 15) is 0 Å². The summed E-state index contributed by atoms with van der Waals surface area (Å²) >= 11 is 0. The molecule has 0 bridgehead atoms. The molecule has 1 aromatic heterocycles. The number of pyridine rings is 1. The van der Waals surface area contributed by atoms with Gasteiger partial charge in [0.2, 0.25) is 0 Å². The average Bonchev–Trinajstić information content (AvgIpc) is 2.70. The third-order valence-corrected chi connectivity index (χ3v) is 5.00. The largest absolute Gasteiger partial charge is 0.381 e. The molecule has 0 aromatic carbocycles. The predicted octanol–water partition coefficient (Wildman–Crippen LogP) is 3.81. The van der Waals surface area contributed by atoms with E-state index in [2.05, 4.69) is 51.5 Å². The number of ether oxygens (including phenoxy) is 1. The van der Waals surface area contributed by atoms with Gasteiger partial charge in [-0.25, -0.2) is 4.98 Å². The highest BCUT2D eigenvalue weighted by atomic mass is 127. The van der Waals surface area contributed by atoms with Crippen molar-refractivity contribution in [2.24, 2.45) is 10.9 Å². The minimum Gasteiger partial charge on any atom is -0.381 e. The van der Waals surface area contributed by atoms with E-state index in [1.165, 1.54) is 19.3 Å². The molecule has 28 heavy (non-hydrogen) atoms. The van der Waals surface area contributed by atoms with E-state index in [0.717, 1.165) is 75.5 Å². The summed E-state index contributed by atoms with van der Waals surface area (Å²) in [5.41, 5.74) is 1.16. The Labute approximate surface area is 187 Å². The molecule has 1 aromatic rings. The number of anilines is 1. The van der Waals surface area contributed by atoms with Crippen LogP contribution in [0.5, 0.6) is 0 Å². The standard InChI is InChI=1S/C21H37N5O.HI/c1-4-5-14-27-15-6-11-23-21(22-3)25-17-19-7-8-20(24-16-19)26-12-9-18(2)10-13-26;/h7-8,16,18H,4-6,9-15,17H2,1-3H3,(H2,22,23,25);1H. The lowest BCUT2D eigenvalue weighted by molar-refractivity contribution is 0.129. The highest BCUT2D eigenvalue weighted by Gasteiger charge is 2.16. The van der Waals surface area contributed by atoms with Crippen LogP contribution in [-0.4, -0.2) is 50.8 Å². The molecule has 0 aliphatic carbocycles. The second-order valence-electron chi connectivity index (χ2n) is 7.37. The van der Waals surface area contributed by atoms with Gasteiger partial charge in [-0.2, -0.15) is 0 Å². The van der Waals surface area contributed by atoms with Crippen LogP contribution in [0.1, 0.15) is 51.5 Å². The van der Waals surface area contributed by atoms with Crippen LogP contribution in [0.15, 0.2) is 23.3 Å². The van der Waals surface area contributed by atoms with E-state index in [4.69, 9.17) is 4.74 Å². The fourth-order valence-corrected chi connectivity index (χ4v) is 3.08. The molecule has 1 aliphatic rings. The molecule has 7 heteroatoms. The normalized spacial score (nSPS) is 15.2. The minimum atomic E-state index is 0. The number of aromatic nitrogens is 1. The average molecular weight is 503 g/mol. The summed E-state index contributed by atoms with van der Waals surface area (Å²) in [6, 6.07) is 4.29. The van der Waals surface area contributed by atoms with Gasteiger partial charge < -0.3 is 20.3 Å². The lowest BCUT2D eigenvalue weighted by atomic mass is 9.99. The van der Waals surface area contributed by atoms with E-state index in [-0.39, 0.29) is 24.0 Å². The van der Waals surface area contributed by atoms with Crippen molar-refractivity contribution >= 4 is 35.8 Å². The van der Waals surface area contributed by atoms with Crippen molar-refractivity contribution in [1.29, 1.82) is 0 Å². The second kappa shape index (κ2) is 14.8. The van der Waals surface area contributed by atoms with Gasteiger partial charge in [-0.3, -0.25) is 4.99 Å². The van der Waals surface area contributed by atoms with Gasteiger partial charge in [0.15, 0.2) is 5.96 Å². The summed E-state index contributed by atoms with van der Waals surface area (Å²) in [4.78, 5) is 11.3. The molecule has 1 saturated heterocycles. The number of hydrogen-bond donors (Lipinski definition) is 2. The van der Waals surface area contributed by atoms with Crippen molar-refractivity contribution < 1.29 is 4.74 Å². The van der Waals surface area contributed by atoms with E-state index in [0.29, 0.717) is 0 Å². The Morgan fingerprint density at radius 3 is 2.61 bits per heavy atom. The van der Waals surface area contributed by atoms with Crippen molar-refractivity contribution in [3.05, 3.63) is 23.9 Å². The lowest BCUT2D eigenvalue weighted by Crippen LogP contribution is -2.37. The maximum atomic E-state index is 5.57. The molecule has 1 aliphatic heterocycles. The fraction of sp³-hybridized carbons (Fsp3) is 0.714. The van der Waals surface area contributed by atoms with Crippen LogP contribution >= 0.6 is 24.0 Å². The van der Waals surface area contributed by atoms with E-state index in [1.807, 2.05) is 6.20 Å². The third-order valence-electron chi connectivity index (χ3n) is 5.00. The zero-order chi connectivity index (χ0) is 19.3. The second-order valence-corrected chi connectivity index (χ2v) is 7.37. The summed E-state index contributed by atoms with van der Waals surface area (Å²) in [6.45, 7) is 9.98. The van der Waals surface area contributed by atoms with Gasteiger partial charge >= 0.3 is 0 Å². The molecule has 0 atom stereocenters. The van der Waals surface area contributed by atoms with Crippen molar-refractivity contribution in [2.75, 3.05) is 44.8 Å². The van der Waals surface area contributed by atoms with Gasteiger partial charge in [-0.05, 0) is 43.2 Å². The highest BCUT2D eigenvalue weighted by Crippen LogP contribution is 2.21. The first-order valence-electron chi connectivity index (χ1n) is 10.4. The topological polar surface area (TPSA) is 61.8 Å². The number of piperidine rings is 1. The Balaban J connectivity index is 0.00000392. The molecular formula is C21H38IN5O. The predicted molar refractivity (Wildman–Crippen MR) is 129 cm³/mol. The third kappa shape index (κ3) is 9.41. The minimum absolute atomic E-state index is 0. The summed E-state index contributed by atoms with van der Waals surface area (Å²) < 4.78 is 5.57. The molecule has 1 fully saturated rings. The molecule has 0 amide bonds. The Morgan fingerprint density at radius 1 is 1.21 bits per heavy atom. The molecule has 2 rings (SSSR count). The quantitative estimate of drug-likeness (QED) is 0.220. The van der Waals surface area contributed by atoms with Gasteiger partial charge in [0.05, 0.1) is 0 Å². The molecule has 0 spiro atoms. The van der Waals surface area contributed by atoms with Crippen LogP contribution in [0.4, 0.5) is 5.82 Å². The molecule has 0 unspecified atom stereocenters. The van der Waals surface area contributed by atoms with Crippen LogP contribution in [0.2, 0.25) is 0 Å². The van der Waals surface area contributed by atoms with Crippen LogP contribution in [0.25, 0.3) is 0 Å². The smallest absolute Gasteiger partial charge is 0.191 e. The number of aliphatic imine (C=N–C) groups is 1. The first-order valence-corrected chi connectivity index (χ1v) is 10.4. The van der Waals surface area contributed by atoms with E-state index >= 15 is 0 Å². The highest BCUT2D eigenvalue weighted by molar-refractivity contribution is 14.0. The summed E-state index contributed by atoms with van der Waals surface area (Å²) in [5.74, 6) is 2.75. The van der Waals surface area contributed by atoms with Crippen molar-refractivity contribution in [1.82, 2.24) is 15.6 Å². The molecule has 0 radical (unpaired) electrons. The van der Waals surface area contributed by atoms with E-state index < -0.39 is 0 Å². The van der Waals surface area contributed by atoms with Crippen LogP contribution in [0, 0.1) is 5.92 Å². The van der Waals surface area contributed by atoms with Crippen LogP contribution < -0.4 is 15.5 Å². The van der Waals surface area contributed by atoms with Gasteiger partial charge in [0.25, 0.3) is 0 Å². The monoisotopic (exact) mass is 503 g/mol. The van der Waals surface area contributed by atoms with Crippen LogP contribution in [-0.2, 0) is 11.3 Å². The summed E-state index contributed by atoms with van der Waals surface area (Å²) in [7, 11) is 1.80. The molecule has 160 valence electrons. The Morgan fingerprint density at radius 2 is 1.96 bits per heavy atom. The van der Waals surface area contributed by atoms with Crippen molar-refractivity contribution in [2.45, 2.75) is 52.5 Å². The number of guanidine groups is 1. The summed E-state index contributed by atoms with van der Waals surface area (Å²) in [5, 5.41) is 6.67. The van der Waals surface area contributed by atoms with Crippen LogP contribution in [0.3, 0.4) is 0 Å². The maximum absolute atomic E-state index is 5.57. The Hall–Kier alpha value is -1.09. The number of nitrogens with one attached hydrogen (secondary N) is 2. The fourth-order valence-electron chi connectivity index (χ4n) is 3.08. The zero-order valence-electron chi connectivity index (χ0n) is 17.7. The Bertz CT molecular complexity index is 544. The first-order chi connectivity index (χ1) is 13.2. The maximum Gasteiger partial charge on any atom is 0.191 e. The SMILES string of the molecule is CCCCOCCCNC(=NC)NCc1ccc(N2CCC(C)CC2)nc1.I. The molecule has 0 saturated carbocycles. The number of nitrogens with zero attached hydrogens (tertiary/aromatic N) is 3. The van der Waals surface area contributed by atoms with Crippen molar-refractivity contribution in [3.8, 4) is 0 Å². The van der Waals surface area contributed by atoms with Crippen molar-refractivity contribution in [3.63, 3.8) is 0 Å². The Kier molecular flexibility index (Phi) is 13.2. The van der Waals surface area contributed by atoms with E-state index in [1.54, 1.807) is 7.05 Å². The molecular weight excluding hydrogens is 465 g/mol. The lowest BCUT2D eigenvalue weighted by Gasteiger charge is -2.31. The number of unbranched alkanes of at least 4 members (excludes halogenated alkanes) is 1. The van der Waals surface area contributed by atoms with Gasteiger partial charge in [0, 0.05) is 52.6 Å². The summed E-state index contributed by atoms with van der Waals surface area (Å²) in [6.07, 6.45) is 7.79.